The molecule has 0 aliphatic carbocycles. The molecule has 1 saturated heterocycles. The van der Waals surface area contributed by atoms with Crippen LogP contribution in [0.2, 0.25) is 0 Å². The number of aliphatic hydroxyl groups is 1. The maximum atomic E-state index is 12.7. The molecule has 1 atom stereocenters. The van der Waals surface area contributed by atoms with E-state index in [-0.39, 0.29) is 17.9 Å². The zero-order chi connectivity index (χ0) is 20.5. The fourth-order valence-corrected chi connectivity index (χ4v) is 4.11. The highest BCUT2D eigenvalue weighted by atomic mass is 16.5. The number of carbonyl (C=O) groups excluding carboxylic acids is 1. The van der Waals surface area contributed by atoms with Gasteiger partial charge in [0.05, 0.1) is 13.7 Å². The monoisotopic (exact) mass is 393 g/mol. The maximum Gasteiger partial charge on any atom is 0.246 e. The Balaban J connectivity index is 1.56. The van der Waals surface area contributed by atoms with Crippen molar-refractivity contribution in [3.63, 3.8) is 0 Å². The first-order valence-corrected chi connectivity index (χ1v) is 10.4. The van der Waals surface area contributed by atoms with Crippen LogP contribution in [0.3, 0.4) is 0 Å². The lowest BCUT2D eigenvalue weighted by atomic mass is 9.76. The zero-order valence-electron chi connectivity index (χ0n) is 17.2. The van der Waals surface area contributed by atoms with E-state index in [1.165, 1.54) is 5.56 Å². The molecule has 2 aromatic rings. The molecule has 1 fully saturated rings. The second-order valence-electron chi connectivity index (χ2n) is 7.97. The lowest BCUT2D eigenvalue weighted by molar-refractivity contribution is -0.130. The molecule has 1 aliphatic rings. The van der Waals surface area contributed by atoms with Crippen molar-refractivity contribution in [2.75, 3.05) is 26.8 Å². The third-order valence-corrected chi connectivity index (χ3v) is 5.86. The first-order valence-electron chi connectivity index (χ1n) is 10.4. The Morgan fingerprint density at radius 1 is 1.17 bits per heavy atom. The summed E-state index contributed by atoms with van der Waals surface area (Å²) in [5.74, 6) is 0.814. The average molecular weight is 394 g/mol. The molecule has 4 heteroatoms. The molecule has 0 spiro atoms. The minimum atomic E-state index is -0.184. The molecule has 3 rings (SSSR count). The van der Waals surface area contributed by atoms with Gasteiger partial charge >= 0.3 is 0 Å². The van der Waals surface area contributed by atoms with Gasteiger partial charge in [0, 0.05) is 24.6 Å². The Morgan fingerprint density at radius 2 is 1.93 bits per heavy atom. The third kappa shape index (κ3) is 5.94. The van der Waals surface area contributed by atoms with E-state index in [1.807, 2.05) is 41.3 Å². The van der Waals surface area contributed by atoms with Crippen LogP contribution in [0.4, 0.5) is 0 Å². The SMILES string of the molecule is COc1ccc(/C=C/C(=O)N2CCCC(CO)(CCCc3ccccc3)C2)cc1. The van der Waals surface area contributed by atoms with Gasteiger partial charge in [-0.25, -0.2) is 0 Å². The van der Waals surface area contributed by atoms with Crippen molar-refractivity contribution in [1.29, 1.82) is 0 Å². The number of nitrogens with zero attached hydrogens (tertiary/aromatic N) is 1. The molecule has 0 bridgehead atoms. The summed E-state index contributed by atoms with van der Waals surface area (Å²) in [5.41, 5.74) is 2.11. The van der Waals surface area contributed by atoms with Crippen molar-refractivity contribution >= 4 is 12.0 Å². The van der Waals surface area contributed by atoms with E-state index in [4.69, 9.17) is 4.74 Å². The van der Waals surface area contributed by atoms with Crippen LogP contribution in [0.15, 0.2) is 60.7 Å². The first kappa shape index (κ1) is 21.1. The van der Waals surface area contributed by atoms with Gasteiger partial charge in [-0.05, 0) is 61.4 Å². The van der Waals surface area contributed by atoms with Crippen molar-refractivity contribution < 1.29 is 14.6 Å². The number of carbonyl (C=O) groups is 1. The van der Waals surface area contributed by atoms with Crippen molar-refractivity contribution in [2.24, 2.45) is 5.41 Å². The van der Waals surface area contributed by atoms with Crippen LogP contribution in [-0.4, -0.2) is 42.7 Å². The van der Waals surface area contributed by atoms with Crippen LogP contribution in [0.1, 0.15) is 36.8 Å². The highest BCUT2D eigenvalue weighted by Crippen LogP contribution is 2.35. The van der Waals surface area contributed by atoms with Gasteiger partial charge < -0.3 is 14.7 Å². The summed E-state index contributed by atoms with van der Waals surface area (Å²) in [6.07, 6.45) is 8.36. The molecule has 1 aliphatic heterocycles. The predicted octanol–water partition coefficient (Wildman–Crippen LogP) is 4.33. The van der Waals surface area contributed by atoms with Gasteiger partial charge in [0.15, 0.2) is 0 Å². The van der Waals surface area contributed by atoms with E-state index < -0.39 is 0 Å². The lowest BCUT2D eigenvalue weighted by Crippen LogP contribution is -2.47. The summed E-state index contributed by atoms with van der Waals surface area (Å²) in [5, 5.41) is 10.1. The molecule has 0 saturated carbocycles. The van der Waals surface area contributed by atoms with Gasteiger partial charge in [-0.1, -0.05) is 42.5 Å². The molecule has 154 valence electrons. The molecule has 4 nitrogen and oxygen atoms in total. The first-order chi connectivity index (χ1) is 14.1. The number of hydrogen-bond acceptors (Lipinski definition) is 3. The van der Waals surface area contributed by atoms with E-state index in [2.05, 4.69) is 24.3 Å². The van der Waals surface area contributed by atoms with Gasteiger partial charge in [0.25, 0.3) is 0 Å². The normalized spacial score (nSPS) is 19.4. The second-order valence-corrected chi connectivity index (χ2v) is 7.97. The third-order valence-electron chi connectivity index (χ3n) is 5.86. The Hall–Kier alpha value is -2.59. The highest BCUT2D eigenvalue weighted by Gasteiger charge is 2.35. The summed E-state index contributed by atoms with van der Waals surface area (Å²) in [6, 6.07) is 18.1. The number of piperidine rings is 1. The molecule has 1 heterocycles. The van der Waals surface area contributed by atoms with E-state index in [0.717, 1.165) is 50.0 Å². The minimum absolute atomic E-state index is 0.0152. The Bertz CT molecular complexity index is 801. The Labute approximate surface area is 173 Å². The molecule has 1 unspecified atom stereocenters. The fraction of sp³-hybridized carbons (Fsp3) is 0.400. The molecular weight excluding hydrogens is 362 g/mol. The van der Waals surface area contributed by atoms with Gasteiger partial charge in [-0.3, -0.25) is 4.79 Å². The highest BCUT2D eigenvalue weighted by molar-refractivity contribution is 5.91. The Kier molecular flexibility index (Phi) is 7.48. The smallest absolute Gasteiger partial charge is 0.246 e. The lowest BCUT2D eigenvalue weighted by Gasteiger charge is -2.41. The van der Waals surface area contributed by atoms with E-state index in [0.29, 0.717) is 6.54 Å². The summed E-state index contributed by atoms with van der Waals surface area (Å²) in [6.45, 7) is 1.52. The van der Waals surface area contributed by atoms with Crippen molar-refractivity contribution in [1.82, 2.24) is 4.90 Å². The van der Waals surface area contributed by atoms with E-state index >= 15 is 0 Å². The summed E-state index contributed by atoms with van der Waals surface area (Å²) in [4.78, 5) is 14.6. The minimum Gasteiger partial charge on any atom is -0.497 e. The number of benzene rings is 2. The molecular formula is C25H31NO3. The average Bonchev–Trinajstić information content (AvgIpc) is 2.78. The zero-order valence-corrected chi connectivity index (χ0v) is 17.2. The topological polar surface area (TPSA) is 49.8 Å². The quantitative estimate of drug-likeness (QED) is 0.679. The number of ether oxygens (including phenoxy) is 1. The van der Waals surface area contributed by atoms with Crippen LogP contribution in [0.5, 0.6) is 5.75 Å². The molecule has 29 heavy (non-hydrogen) atoms. The summed E-state index contributed by atoms with van der Waals surface area (Å²) < 4.78 is 5.16. The molecule has 1 N–H and O–H groups in total. The van der Waals surface area contributed by atoms with Gasteiger partial charge in [-0.15, -0.1) is 0 Å². The number of methoxy groups -OCH3 is 1. The van der Waals surface area contributed by atoms with Crippen molar-refractivity contribution in [3.8, 4) is 5.75 Å². The van der Waals surface area contributed by atoms with Gasteiger partial charge in [0.1, 0.15) is 5.75 Å². The molecule has 1 amide bonds. The largest absolute Gasteiger partial charge is 0.497 e. The van der Waals surface area contributed by atoms with Crippen LogP contribution in [0.25, 0.3) is 6.08 Å². The number of amides is 1. The van der Waals surface area contributed by atoms with Gasteiger partial charge in [0.2, 0.25) is 5.91 Å². The molecule has 0 radical (unpaired) electrons. The standard InChI is InChI=1S/C25H31NO3/c1-29-23-13-10-22(11-14-23)12-15-24(28)26-18-6-17-25(19-26,20-27)16-5-9-21-7-3-2-4-8-21/h2-4,7-8,10-15,27H,5-6,9,16-20H2,1H3/b15-12+. The van der Waals surface area contributed by atoms with Crippen LogP contribution >= 0.6 is 0 Å². The summed E-state index contributed by atoms with van der Waals surface area (Å²) >= 11 is 0. The molecule has 0 aromatic heterocycles. The van der Waals surface area contributed by atoms with Crippen LogP contribution < -0.4 is 4.74 Å². The predicted molar refractivity (Wildman–Crippen MR) is 117 cm³/mol. The van der Waals surface area contributed by atoms with Crippen LogP contribution in [-0.2, 0) is 11.2 Å². The maximum absolute atomic E-state index is 12.7. The van der Waals surface area contributed by atoms with Crippen molar-refractivity contribution in [2.45, 2.75) is 32.1 Å². The number of likely N-dealkylation sites (tertiary alicyclic amines) is 1. The van der Waals surface area contributed by atoms with E-state index in [1.54, 1.807) is 13.2 Å². The number of hydrogen-bond donors (Lipinski definition) is 1. The second kappa shape index (κ2) is 10.3. The fourth-order valence-electron chi connectivity index (χ4n) is 4.11. The number of rotatable bonds is 8. The van der Waals surface area contributed by atoms with E-state index in [9.17, 15) is 9.90 Å². The summed E-state index contributed by atoms with van der Waals surface area (Å²) in [7, 11) is 1.64. The number of aryl methyl sites for hydroxylation is 1. The number of aliphatic hydroxyl groups excluding tert-OH is 1. The van der Waals surface area contributed by atoms with Gasteiger partial charge in [-0.2, -0.15) is 0 Å². The van der Waals surface area contributed by atoms with Crippen LogP contribution in [0, 0.1) is 5.41 Å². The van der Waals surface area contributed by atoms with Crippen molar-refractivity contribution in [3.05, 3.63) is 71.8 Å². The molecule has 2 aromatic carbocycles. The Morgan fingerprint density at radius 3 is 2.62 bits per heavy atom.